The first-order valence-electron chi connectivity index (χ1n) is 7.42. The van der Waals surface area contributed by atoms with E-state index in [0.29, 0.717) is 5.69 Å². The van der Waals surface area contributed by atoms with E-state index < -0.39 is 0 Å². The van der Waals surface area contributed by atoms with E-state index in [-0.39, 0.29) is 24.9 Å². The summed E-state index contributed by atoms with van der Waals surface area (Å²) in [7, 11) is 1.70. The lowest BCUT2D eigenvalue weighted by Crippen LogP contribution is -2.44. The van der Waals surface area contributed by atoms with Gasteiger partial charge in [-0.1, -0.05) is 36.4 Å². The molecule has 2 N–H and O–H groups in total. The first kappa shape index (κ1) is 16.7. The van der Waals surface area contributed by atoms with Crippen molar-refractivity contribution in [3.8, 4) is 0 Å². The van der Waals surface area contributed by atoms with E-state index in [2.05, 4.69) is 0 Å². The molecule has 120 valence electrons. The van der Waals surface area contributed by atoms with Crippen molar-refractivity contribution in [1.82, 2.24) is 0 Å². The average Bonchev–Trinajstić information content (AvgIpc) is 2.59. The molecule has 5 heteroatoms. The molecule has 0 radical (unpaired) electrons. The zero-order valence-corrected chi connectivity index (χ0v) is 13.4. The van der Waals surface area contributed by atoms with Crippen LogP contribution in [0.1, 0.15) is 5.56 Å². The Labute approximate surface area is 136 Å². The molecule has 0 heterocycles. The number of likely N-dealkylation sites (N-methyl/N-ethyl adjacent to an activating group) is 1. The normalized spacial score (nSPS) is 10.2. The van der Waals surface area contributed by atoms with Gasteiger partial charge in [-0.05, 0) is 30.7 Å². The summed E-state index contributed by atoms with van der Waals surface area (Å²) in [5, 5.41) is 0. The molecule has 0 aliphatic rings. The number of amides is 2. The van der Waals surface area contributed by atoms with E-state index in [1.807, 2.05) is 61.5 Å². The Balaban J connectivity index is 2.23. The molecule has 0 aliphatic carbocycles. The second-order valence-electron chi connectivity index (χ2n) is 5.26. The highest BCUT2D eigenvalue weighted by Gasteiger charge is 2.21. The van der Waals surface area contributed by atoms with Gasteiger partial charge in [0, 0.05) is 18.4 Å². The Bertz CT molecular complexity index is 686. The van der Waals surface area contributed by atoms with Crippen molar-refractivity contribution in [2.75, 3.05) is 29.9 Å². The number of hydrogen-bond donors (Lipinski definition) is 1. The monoisotopic (exact) mass is 311 g/mol. The molecule has 2 rings (SSSR count). The standard InChI is InChI=1S/C18H21N3O2/c1-14-8-6-7-11-16(14)21(17(22)12-19)13-18(23)20(2)15-9-4-3-5-10-15/h3-11H,12-13,19H2,1-2H3. The van der Waals surface area contributed by atoms with Crippen molar-refractivity contribution in [2.24, 2.45) is 5.73 Å². The van der Waals surface area contributed by atoms with Gasteiger partial charge in [-0.3, -0.25) is 9.59 Å². The van der Waals surface area contributed by atoms with E-state index in [4.69, 9.17) is 5.73 Å². The van der Waals surface area contributed by atoms with Crippen LogP contribution in [0, 0.1) is 6.92 Å². The van der Waals surface area contributed by atoms with Gasteiger partial charge in [0.2, 0.25) is 11.8 Å². The fraction of sp³-hybridized carbons (Fsp3) is 0.222. The summed E-state index contributed by atoms with van der Waals surface area (Å²) in [6.07, 6.45) is 0. The van der Waals surface area contributed by atoms with Crippen LogP contribution < -0.4 is 15.5 Å². The zero-order valence-electron chi connectivity index (χ0n) is 13.4. The van der Waals surface area contributed by atoms with Crippen molar-refractivity contribution in [2.45, 2.75) is 6.92 Å². The molecular formula is C18H21N3O2. The maximum absolute atomic E-state index is 12.6. The van der Waals surface area contributed by atoms with Crippen molar-refractivity contribution in [1.29, 1.82) is 0 Å². The van der Waals surface area contributed by atoms with E-state index >= 15 is 0 Å². The largest absolute Gasteiger partial charge is 0.322 e. The summed E-state index contributed by atoms with van der Waals surface area (Å²) in [6.45, 7) is 1.71. The summed E-state index contributed by atoms with van der Waals surface area (Å²) in [5.41, 5.74) is 7.91. The third-order valence-corrected chi connectivity index (χ3v) is 3.69. The van der Waals surface area contributed by atoms with Gasteiger partial charge in [-0.2, -0.15) is 0 Å². The van der Waals surface area contributed by atoms with E-state index in [0.717, 1.165) is 11.3 Å². The highest BCUT2D eigenvalue weighted by molar-refractivity contribution is 6.04. The fourth-order valence-corrected chi connectivity index (χ4v) is 2.32. The second-order valence-corrected chi connectivity index (χ2v) is 5.26. The van der Waals surface area contributed by atoms with Crippen molar-refractivity contribution < 1.29 is 9.59 Å². The molecule has 0 saturated heterocycles. The Morgan fingerprint density at radius 3 is 2.17 bits per heavy atom. The predicted molar refractivity (Wildman–Crippen MR) is 92.4 cm³/mol. The van der Waals surface area contributed by atoms with Crippen LogP contribution in [0.25, 0.3) is 0 Å². The quantitative estimate of drug-likeness (QED) is 0.918. The number of para-hydroxylation sites is 2. The Morgan fingerprint density at radius 1 is 0.957 bits per heavy atom. The van der Waals surface area contributed by atoms with Gasteiger partial charge in [0.05, 0.1) is 6.54 Å². The van der Waals surface area contributed by atoms with Gasteiger partial charge >= 0.3 is 0 Å². The Hall–Kier alpha value is -2.66. The number of rotatable bonds is 5. The number of nitrogens with two attached hydrogens (primary N) is 1. The van der Waals surface area contributed by atoms with E-state index in [1.54, 1.807) is 7.05 Å². The Morgan fingerprint density at radius 2 is 1.57 bits per heavy atom. The molecule has 0 fully saturated rings. The number of anilines is 2. The molecule has 2 aromatic carbocycles. The number of nitrogens with zero attached hydrogens (tertiary/aromatic N) is 2. The minimum absolute atomic E-state index is 0.0493. The van der Waals surface area contributed by atoms with E-state index in [9.17, 15) is 9.59 Å². The lowest BCUT2D eigenvalue weighted by Gasteiger charge is -2.26. The van der Waals surface area contributed by atoms with Crippen LogP contribution in [0.4, 0.5) is 11.4 Å². The maximum Gasteiger partial charge on any atom is 0.246 e. The SMILES string of the molecule is Cc1ccccc1N(CC(=O)N(C)c1ccccc1)C(=O)CN. The van der Waals surface area contributed by atoms with Crippen LogP contribution in [0.15, 0.2) is 54.6 Å². The highest BCUT2D eigenvalue weighted by Crippen LogP contribution is 2.20. The van der Waals surface area contributed by atoms with Crippen LogP contribution in [-0.4, -0.2) is 32.0 Å². The van der Waals surface area contributed by atoms with Gasteiger partial charge in [0.1, 0.15) is 6.54 Å². The molecule has 0 unspecified atom stereocenters. The summed E-state index contributed by atoms with van der Waals surface area (Å²) in [6, 6.07) is 16.8. The summed E-state index contributed by atoms with van der Waals surface area (Å²) < 4.78 is 0. The van der Waals surface area contributed by atoms with E-state index in [1.165, 1.54) is 9.80 Å². The van der Waals surface area contributed by atoms with Crippen LogP contribution in [0.5, 0.6) is 0 Å². The minimum atomic E-state index is -0.283. The molecule has 0 saturated carbocycles. The highest BCUT2D eigenvalue weighted by atomic mass is 16.2. The third-order valence-electron chi connectivity index (χ3n) is 3.69. The molecular weight excluding hydrogens is 290 g/mol. The van der Waals surface area contributed by atoms with Gasteiger partial charge in [-0.15, -0.1) is 0 Å². The van der Waals surface area contributed by atoms with Crippen LogP contribution in [0.2, 0.25) is 0 Å². The number of carbonyl (C=O) groups excluding carboxylic acids is 2. The number of hydrogen-bond acceptors (Lipinski definition) is 3. The molecule has 0 bridgehead atoms. The topological polar surface area (TPSA) is 66.6 Å². The second kappa shape index (κ2) is 7.56. The molecule has 0 atom stereocenters. The van der Waals surface area contributed by atoms with Crippen molar-refractivity contribution in [3.05, 3.63) is 60.2 Å². The zero-order chi connectivity index (χ0) is 16.8. The number of carbonyl (C=O) groups is 2. The smallest absolute Gasteiger partial charge is 0.246 e. The lowest BCUT2D eigenvalue weighted by molar-refractivity contribution is -0.121. The molecule has 0 aromatic heterocycles. The van der Waals surface area contributed by atoms with Crippen LogP contribution >= 0.6 is 0 Å². The molecule has 23 heavy (non-hydrogen) atoms. The molecule has 0 aliphatic heterocycles. The summed E-state index contributed by atoms with van der Waals surface area (Å²) in [4.78, 5) is 27.7. The van der Waals surface area contributed by atoms with Crippen LogP contribution in [-0.2, 0) is 9.59 Å². The minimum Gasteiger partial charge on any atom is -0.322 e. The van der Waals surface area contributed by atoms with Gasteiger partial charge < -0.3 is 15.5 Å². The predicted octanol–water partition coefficient (Wildman–Crippen LogP) is 1.95. The van der Waals surface area contributed by atoms with Gasteiger partial charge in [-0.25, -0.2) is 0 Å². The van der Waals surface area contributed by atoms with Gasteiger partial charge in [0.25, 0.3) is 0 Å². The lowest BCUT2D eigenvalue weighted by atomic mass is 10.1. The molecule has 2 amide bonds. The maximum atomic E-state index is 12.6. The summed E-state index contributed by atoms with van der Waals surface area (Å²) in [5.74, 6) is -0.463. The molecule has 5 nitrogen and oxygen atoms in total. The Kier molecular flexibility index (Phi) is 5.49. The fourth-order valence-electron chi connectivity index (χ4n) is 2.32. The van der Waals surface area contributed by atoms with Crippen molar-refractivity contribution >= 4 is 23.2 Å². The first-order chi connectivity index (χ1) is 11.0. The number of benzene rings is 2. The molecule has 0 spiro atoms. The van der Waals surface area contributed by atoms with Crippen LogP contribution in [0.3, 0.4) is 0 Å². The summed E-state index contributed by atoms with van der Waals surface area (Å²) >= 11 is 0. The van der Waals surface area contributed by atoms with Gasteiger partial charge in [0.15, 0.2) is 0 Å². The van der Waals surface area contributed by atoms with Crippen molar-refractivity contribution in [3.63, 3.8) is 0 Å². The average molecular weight is 311 g/mol. The number of aryl methyl sites for hydroxylation is 1. The molecule has 2 aromatic rings. The first-order valence-corrected chi connectivity index (χ1v) is 7.42. The third kappa shape index (κ3) is 3.96.